The molecule has 0 radical (unpaired) electrons. The minimum Gasteiger partial charge on any atom is -0.313 e. The Morgan fingerprint density at radius 2 is 1.95 bits per heavy atom. The molecule has 1 aliphatic heterocycles. The van der Waals surface area contributed by atoms with Gasteiger partial charge in [0.15, 0.2) is 0 Å². The van der Waals surface area contributed by atoms with E-state index in [2.05, 4.69) is 23.9 Å². The van der Waals surface area contributed by atoms with Gasteiger partial charge >= 0.3 is 0 Å². The van der Waals surface area contributed by atoms with Gasteiger partial charge in [-0.25, -0.2) is 4.72 Å². The number of hydrogen-bond donors (Lipinski definition) is 2. The van der Waals surface area contributed by atoms with E-state index in [1.165, 1.54) is 0 Å². The molecule has 1 fully saturated rings. The summed E-state index contributed by atoms with van der Waals surface area (Å²) in [6.07, 6.45) is 4.08. The van der Waals surface area contributed by atoms with E-state index in [1.54, 1.807) is 4.31 Å². The first-order valence-corrected chi connectivity index (χ1v) is 9.32. The molecule has 0 bridgehead atoms. The van der Waals surface area contributed by atoms with Crippen LogP contribution in [0.2, 0.25) is 0 Å². The topological polar surface area (TPSA) is 61.4 Å². The average molecular weight is 305 g/mol. The van der Waals surface area contributed by atoms with Gasteiger partial charge in [0, 0.05) is 25.2 Å². The van der Waals surface area contributed by atoms with Crippen LogP contribution in [0, 0.1) is 5.92 Å². The molecule has 2 N–H and O–H groups in total. The Morgan fingerprint density at radius 1 is 1.25 bits per heavy atom. The summed E-state index contributed by atoms with van der Waals surface area (Å²) >= 11 is 0. The van der Waals surface area contributed by atoms with Gasteiger partial charge in [0.05, 0.1) is 0 Å². The van der Waals surface area contributed by atoms with Crippen LogP contribution < -0.4 is 10.0 Å². The fourth-order valence-corrected chi connectivity index (χ4v) is 4.32. The Balaban J connectivity index is 2.72. The number of hydrogen-bond acceptors (Lipinski definition) is 3. The van der Waals surface area contributed by atoms with Gasteiger partial charge in [-0.3, -0.25) is 0 Å². The van der Waals surface area contributed by atoms with Crippen LogP contribution in [0.15, 0.2) is 0 Å². The minimum atomic E-state index is -3.35. The van der Waals surface area contributed by atoms with Gasteiger partial charge in [0.1, 0.15) is 0 Å². The molecule has 5 nitrogen and oxygen atoms in total. The van der Waals surface area contributed by atoms with E-state index in [1.807, 2.05) is 13.8 Å². The van der Waals surface area contributed by atoms with Crippen molar-refractivity contribution in [1.29, 1.82) is 0 Å². The van der Waals surface area contributed by atoms with Gasteiger partial charge in [0.2, 0.25) is 0 Å². The Morgan fingerprint density at radius 3 is 2.55 bits per heavy atom. The molecule has 2 unspecified atom stereocenters. The van der Waals surface area contributed by atoms with E-state index in [4.69, 9.17) is 0 Å². The highest BCUT2D eigenvalue weighted by molar-refractivity contribution is 7.87. The maximum Gasteiger partial charge on any atom is 0.279 e. The molecule has 0 aromatic carbocycles. The molecule has 1 aliphatic rings. The van der Waals surface area contributed by atoms with Crippen LogP contribution >= 0.6 is 0 Å². The highest BCUT2D eigenvalue weighted by Crippen LogP contribution is 2.22. The predicted octanol–water partition coefficient (Wildman–Crippen LogP) is 1.72. The van der Waals surface area contributed by atoms with Crippen LogP contribution in [-0.2, 0) is 10.2 Å². The molecule has 0 aliphatic carbocycles. The molecule has 0 aromatic heterocycles. The smallest absolute Gasteiger partial charge is 0.279 e. The van der Waals surface area contributed by atoms with E-state index >= 15 is 0 Å². The number of piperidine rings is 1. The molecular weight excluding hydrogens is 274 g/mol. The summed E-state index contributed by atoms with van der Waals surface area (Å²) in [6, 6.07) is 0.269. The lowest BCUT2D eigenvalue weighted by Gasteiger charge is -2.38. The van der Waals surface area contributed by atoms with Gasteiger partial charge in [-0.1, -0.05) is 27.2 Å². The van der Waals surface area contributed by atoms with Crippen LogP contribution in [0.1, 0.15) is 53.4 Å². The van der Waals surface area contributed by atoms with Crippen molar-refractivity contribution in [3.8, 4) is 0 Å². The van der Waals surface area contributed by atoms with Gasteiger partial charge in [-0.2, -0.15) is 12.7 Å². The second kappa shape index (κ2) is 8.32. The standard InChI is InChI=1S/C14H31N3O2S/c1-5-9-15-13(4)14-8-6-7-10-17(14)20(18,19)16-11-12(2)3/h12-16H,5-11H2,1-4H3. The fourth-order valence-electron chi connectivity index (χ4n) is 2.59. The summed E-state index contributed by atoms with van der Waals surface area (Å²) in [5.74, 6) is 0.323. The average Bonchev–Trinajstić information content (AvgIpc) is 2.42. The molecule has 120 valence electrons. The number of nitrogens with zero attached hydrogens (tertiary/aromatic N) is 1. The van der Waals surface area contributed by atoms with Crippen molar-refractivity contribution in [1.82, 2.24) is 14.3 Å². The summed E-state index contributed by atoms with van der Waals surface area (Å²) < 4.78 is 29.3. The molecule has 20 heavy (non-hydrogen) atoms. The van der Waals surface area contributed by atoms with Crippen molar-refractivity contribution in [2.45, 2.75) is 65.5 Å². The number of nitrogens with one attached hydrogen (secondary N) is 2. The normalized spacial score (nSPS) is 23.1. The third-order valence-corrected chi connectivity index (χ3v) is 5.38. The molecule has 1 heterocycles. The lowest BCUT2D eigenvalue weighted by Crippen LogP contribution is -2.56. The van der Waals surface area contributed by atoms with Crippen molar-refractivity contribution in [2.24, 2.45) is 5.92 Å². The lowest BCUT2D eigenvalue weighted by molar-refractivity contribution is 0.206. The molecule has 0 saturated carbocycles. The van der Waals surface area contributed by atoms with Crippen LogP contribution in [0.5, 0.6) is 0 Å². The highest BCUT2D eigenvalue weighted by Gasteiger charge is 2.34. The largest absolute Gasteiger partial charge is 0.313 e. The maximum atomic E-state index is 12.5. The molecule has 0 amide bonds. The molecule has 2 atom stereocenters. The van der Waals surface area contributed by atoms with Crippen molar-refractivity contribution in [3.63, 3.8) is 0 Å². The monoisotopic (exact) mass is 305 g/mol. The molecule has 6 heteroatoms. The quantitative estimate of drug-likeness (QED) is 0.718. The number of rotatable bonds is 8. The zero-order valence-corrected chi connectivity index (χ0v) is 14.2. The van der Waals surface area contributed by atoms with E-state index in [0.717, 1.165) is 32.2 Å². The zero-order valence-electron chi connectivity index (χ0n) is 13.4. The molecular formula is C14H31N3O2S. The van der Waals surface area contributed by atoms with E-state index in [-0.39, 0.29) is 12.1 Å². The summed E-state index contributed by atoms with van der Waals surface area (Å²) in [7, 11) is -3.35. The van der Waals surface area contributed by atoms with Crippen molar-refractivity contribution in [2.75, 3.05) is 19.6 Å². The van der Waals surface area contributed by atoms with E-state index in [9.17, 15) is 8.42 Å². The SMILES string of the molecule is CCCNC(C)C1CCCCN1S(=O)(=O)NCC(C)C. The van der Waals surface area contributed by atoms with E-state index < -0.39 is 10.2 Å². The summed E-state index contributed by atoms with van der Waals surface area (Å²) in [5, 5.41) is 3.44. The van der Waals surface area contributed by atoms with Crippen LogP contribution in [0.3, 0.4) is 0 Å². The summed E-state index contributed by atoms with van der Waals surface area (Å²) in [4.78, 5) is 0. The first-order valence-electron chi connectivity index (χ1n) is 7.88. The predicted molar refractivity (Wildman–Crippen MR) is 83.9 cm³/mol. The van der Waals surface area contributed by atoms with Crippen LogP contribution in [0.25, 0.3) is 0 Å². The Kier molecular flexibility index (Phi) is 7.43. The highest BCUT2D eigenvalue weighted by atomic mass is 32.2. The Hall–Kier alpha value is -0.170. The zero-order chi connectivity index (χ0) is 15.2. The molecule has 0 spiro atoms. The van der Waals surface area contributed by atoms with Crippen LogP contribution in [-0.4, -0.2) is 44.4 Å². The Bertz CT molecular complexity index is 371. The summed E-state index contributed by atoms with van der Waals surface area (Å²) in [5.41, 5.74) is 0. The first-order chi connectivity index (χ1) is 9.38. The first kappa shape index (κ1) is 17.9. The third kappa shape index (κ3) is 5.31. The van der Waals surface area contributed by atoms with Crippen molar-refractivity contribution < 1.29 is 8.42 Å². The van der Waals surface area contributed by atoms with E-state index in [0.29, 0.717) is 19.0 Å². The molecule has 1 rings (SSSR count). The Labute approximate surface area is 124 Å². The maximum absolute atomic E-state index is 12.5. The van der Waals surface area contributed by atoms with Gasteiger partial charge < -0.3 is 5.32 Å². The van der Waals surface area contributed by atoms with Gasteiger partial charge in [-0.05, 0) is 38.6 Å². The molecule has 1 saturated heterocycles. The van der Waals surface area contributed by atoms with Gasteiger partial charge in [0.25, 0.3) is 10.2 Å². The van der Waals surface area contributed by atoms with Crippen LogP contribution in [0.4, 0.5) is 0 Å². The van der Waals surface area contributed by atoms with Gasteiger partial charge in [-0.15, -0.1) is 0 Å². The summed E-state index contributed by atoms with van der Waals surface area (Å²) in [6.45, 7) is 10.3. The fraction of sp³-hybridized carbons (Fsp3) is 1.00. The van der Waals surface area contributed by atoms with Crippen molar-refractivity contribution >= 4 is 10.2 Å². The lowest BCUT2D eigenvalue weighted by atomic mass is 9.99. The third-order valence-electron chi connectivity index (χ3n) is 3.77. The van der Waals surface area contributed by atoms with Crippen molar-refractivity contribution in [3.05, 3.63) is 0 Å². The minimum absolute atomic E-state index is 0.0694. The second-order valence-electron chi connectivity index (χ2n) is 6.16. The molecule has 0 aromatic rings. The second-order valence-corrected chi connectivity index (χ2v) is 7.87.